The van der Waals surface area contributed by atoms with Crippen molar-refractivity contribution in [3.8, 4) is 0 Å². The third-order valence-corrected chi connectivity index (χ3v) is 3.64. The predicted octanol–water partition coefficient (Wildman–Crippen LogP) is 1.55. The van der Waals surface area contributed by atoms with E-state index < -0.39 is 5.79 Å². The van der Waals surface area contributed by atoms with Crippen LogP contribution in [0, 0.1) is 11.8 Å². The zero-order valence-electron chi connectivity index (χ0n) is 11.2. The third-order valence-electron chi connectivity index (χ3n) is 3.64. The molecule has 1 rings (SSSR count). The number of aliphatic hydroxyl groups excluding tert-OH is 2. The van der Waals surface area contributed by atoms with Gasteiger partial charge in [0.25, 0.3) is 0 Å². The SMILES string of the molecule is CCC1(C(C)C[C@H](CO)C[C@@H](C)O)OCCO1. The Labute approximate surface area is 104 Å². The van der Waals surface area contributed by atoms with E-state index in [4.69, 9.17) is 9.47 Å². The van der Waals surface area contributed by atoms with Gasteiger partial charge in [-0.05, 0) is 32.1 Å². The van der Waals surface area contributed by atoms with Crippen LogP contribution in [0.3, 0.4) is 0 Å². The lowest BCUT2D eigenvalue weighted by atomic mass is 9.86. The minimum Gasteiger partial charge on any atom is -0.396 e. The normalized spacial score (nSPS) is 24.5. The summed E-state index contributed by atoms with van der Waals surface area (Å²) < 4.78 is 11.5. The van der Waals surface area contributed by atoms with E-state index in [9.17, 15) is 10.2 Å². The Bertz CT molecular complexity index is 211. The van der Waals surface area contributed by atoms with E-state index in [-0.39, 0.29) is 24.5 Å². The lowest BCUT2D eigenvalue weighted by molar-refractivity contribution is -0.198. The van der Waals surface area contributed by atoms with Gasteiger partial charge in [-0.2, -0.15) is 0 Å². The highest BCUT2D eigenvalue weighted by molar-refractivity contribution is 4.81. The van der Waals surface area contributed by atoms with Gasteiger partial charge in [0.1, 0.15) is 0 Å². The second-order valence-corrected chi connectivity index (χ2v) is 5.13. The molecule has 0 spiro atoms. The van der Waals surface area contributed by atoms with Crippen LogP contribution in [0.5, 0.6) is 0 Å². The summed E-state index contributed by atoms with van der Waals surface area (Å²) in [6.45, 7) is 7.32. The van der Waals surface area contributed by atoms with Gasteiger partial charge in [-0.1, -0.05) is 13.8 Å². The number of rotatable bonds is 7. The van der Waals surface area contributed by atoms with Gasteiger partial charge in [0.15, 0.2) is 5.79 Å². The second kappa shape index (κ2) is 6.69. The molecule has 0 saturated carbocycles. The average Bonchev–Trinajstić information content (AvgIpc) is 2.77. The first kappa shape index (κ1) is 14.9. The van der Waals surface area contributed by atoms with Crippen LogP contribution in [0.4, 0.5) is 0 Å². The largest absolute Gasteiger partial charge is 0.396 e. The van der Waals surface area contributed by atoms with E-state index in [1.165, 1.54) is 0 Å². The summed E-state index contributed by atoms with van der Waals surface area (Å²) in [5, 5.41) is 18.7. The van der Waals surface area contributed by atoms with Crippen molar-refractivity contribution in [2.24, 2.45) is 11.8 Å². The first-order valence-electron chi connectivity index (χ1n) is 6.61. The molecule has 1 aliphatic rings. The van der Waals surface area contributed by atoms with Crippen LogP contribution in [0.25, 0.3) is 0 Å². The van der Waals surface area contributed by atoms with Crippen LogP contribution >= 0.6 is 0 Å². The van der Waals surface area contributed by atoms with Crippen molar-refractivity contribution in [2.45, 2.75) is 51.9 Å². The van der Waals surface area contributed by atoms with E-state index in [1.54, 1.807) is 6.92 Å². The number of ether oxygens (including phenoxy) is 2. The lowest BCUT2D eigenvalue weighted by Gasteiger charge is -2.34. The van der Waals surface area contributed by atoms with Crippen LogP contribution < -0.4 is 0 Å². The summed E-state index contributed by atoms with van der Waals surface area (Å²) in [4.78, 5) is 0. The summed E-state index contributed by atoms with van der Waals surface area (Å²) in [6, 6.07) is 0. The fourth-order valence-electron chi connectivity index (χ4n) is 2.71. The van der Waals surface area contributed by atoms with Gasteiger partial charge in [-0.3, -0.25) is 0 Å². The maximum atomic E-state index is 9.38. The van der Waals surface area contributed by atoms with Gasteiger partial charge in [-0.15, -0.1) is 0 Å². The molecule has 0 amide bonds. The van der Waals surface area contributed by atoms with Gasteiger partial charge < -0.3 is 19.7 Å². The molecule has 102 valence electrons. The molecule has 1 unspecified atom stereocenters. The molecule has 17 heavy (non-hydrogen) atoms. The molecule has 0 aromatic heterocycles. The minimum absolute atomic E-state index is 0.106. The Balaban J connectivity index is 2.53. The van der Waals surface area contributed by atoms with E-state index in [0.717, 1.165) is 12.8 Å². The van der Waals surface area contributed by atoms with Crippen molar-refractivity contribution in [1.82, 2.24) is 0 Å². The van der Waals surface area contributed by atoms with Gasteiger partial charge in [0, 0.05) is 12.5 Å². The molecular formula is C13H26O4. The molecule has 3 atom stereocenters. The predicted molar refractivity (Wildman–Crippen MR) is 65.6 cm³/mol. The monoisotopic (exact) mass is 246 g/mol. The minimum atomic E-state index is -0.480. The zero-order chi connectivity index (χ0) is 12.9. The topological polar surface area (TPSA) is 58.9 Å². The van der Waals surface area contributed by atoms with Gasteiger partial charge in [0.2, 0.25) is 0 Å². The van der Waals surface area contributed by atoms with E-state index in [1.807, 2.05) is 0 Å². The first-order valence-corrected chi connectivity index (χ1v) is 6.61. The highest BCUT2D eigenvalue weighted by atomic mass is 16.7. The Hall–Kier alpha value is -0.160. The average molecular weight is 246 g/mol. The maximum absolute atomic E-state index is 9.38. The van der Waals surface area contributed by atoms with Crippen molar-refractivity contribution in [3.63, 3.8) is 0 Å². The molecule has 1 saturated heterocycles. The molecule has 4 nitrogen and oxygen atoms in total. The second-order valence-electron chi connectivity index (χ2n) is 5.13. The van der Waals surface area contributed by atoms with Crippen molar-refractivity contribution in [1.29, 1.82) is 0 Å². The first-order chi connectivity index (χ1) is 8.04. The van der Waals surface area contributed by atoms with Gasteiger partial charge in [0.05, 0.1) is 19.3 Å². The number of hydrogen-bond acceptors (Lipinski definition) is 4. The summed E-state index contributed by atoms with van der Waals surface area (Å²) in [6.07, 6.45) is 1.89. The van der Waals surface area contributed by atoms with Crippen molar-refractivity contribution in [3.05, 3.63) is 0 Å². The highest BCUT2D eigenvalue weighted by Crippen LogP contribution is 2.35. The molecule has 0 radical (unpaired) electrons. The van der Waals surface area contributed by atoms with Crippen molar-refractivity contribution >= 4 is 0 Å². The molecule has 1 heterocycles. The molecule has 1 fully saturated rings. The Morgan fingerprint density at radius 3 is 2.18 bits per heavy atom. The highest BCUT2D eigenvalue weighted by Gasteiger charge is 2.41. The van der Waals surface area contributed by atoms with E-state index in [0.29, 0.717) is 19.6 Å². The standard InChI is InChI=1S/C13H26O4/c1-4-13(16-5-6-17-13)10(2)7-12(9-14)8-11(3)15/h10-12,14-15H,4-9H2,1-3H3/t10?,11-,12+/m1/s1. The third kappa shape index (κ3) is 3.91. The van der Waals surface area contributed by atoms with Crippen molar-refractivity contribution in [2.75, 3.05) is 19.8 Å². The molecular weight excluding hydrogens is 220 g/mol. The number of aliphatic hydroxyl groups is 2. The smallest absolute Gasteiger partial charge is 0.170 e. The van der Waals surface area contributed by atoms with Gasteiger partial charge >= 0.3 is 0 Å². The molecule has 0 aliphatic carbocycles. The maximum Gasteiger partial charge on any atom is 0.170 e. The zero-order valence-corrected chi connectivity index (χ0v) is 11.2. The fraction of sp³-hybridized carbons (Fsp3) is 1.00. The van der Waals surface area contributed by atoms with E-state index >= 15 is 0 Å². The summed E-state index contributed by atoms with van der Waals surface area (Å²) in [5.41, 5.74) is 0. The quantitative estimate of drug-likeness (QED) is 0.715. The lowest BCUT2D eigenvalue weighted by Crippen LogP contribution is -2.38. The molecule has 2 N–H and O–H groups in total. The molecule has 0 aromatic rings. The molecule has 4 heteroatoms. The molecule has 0 aromatic carbocycles. The van der Waals surface area contributed by atoms with Gasteiger partial charge in [-0.25, -0.2) is 0 Å². The summed E-state index contributed by atoms with van der Waals surface area (Å²) in [7, 11) is 0. The number of hydrogen-bond donors (Lipinski definition) is 2. The fourth-order valence-corrected chi connectivity index (χ4v) is 2.71. The van der Waals surface area contributed by atoms with Crippen molar-refractivity contribution < 1.29 is 19.7 Å². The van der Waals surface area contributed by atoms with Crippen LogP contribution in [0.15, 0.2) is 0 Å². The molecule has 1 aliphatic heterocycles. The summed E-state index contributed by atoms with van der Waals surface area (Å²) in [5.74, 6) is -0.140. The van der Waals surface area contributed by atoms with Crippen LogP contribution in [-0.4, -0.2) is 41.9 Å². The Morgan fingerprint density at radius 1 is 1.18 bits per heavy atom. The van der Waals surface area contributed by atoms with Crippen LogP contribution in [-0.2, 0) is 9.47 Å². The Morgan fingerprint density at radius 2 is 1.76 bits per heavy atom. The van der Waals surface area contributed by atoms with Crippen LogP contribution in [0.1, 0.15) is 40.0 Å². The van der Waals surface area contributed by atoms with E-state index in [2.05, 4.69) is 13.8 Å². The van der Waals surface area contributed by atoms with Crippen LogP contribution in [0.2, 0.25) is 0 Å². The Kier molecular flexibility index (Phi) is 5.86. The molecule has 0 bridgehead atoms. The summed E-state index contributed by atoms with van der Waals surface area (Å²) >= 11 is 0.